The van der Waals surface area contributed by atoms with Gasteiger partial charge in [0.1, 0.15) is 0 Å². The number of benzene rings is 1. The Bertz CT molecular complexity index is 377. The van der Waals surface area contributed by atoms with E-state index in [0.717, 1.165) is 19.3 Å². The second-order valence-electron chi connectivity index (χ2n) is 4.83. The Morgan fingerprint density at radius 1 is 1.29 bits per heavy atom. The molecule has 3 atom stereocenters. The molecule has 1 aliphatic rings. The van der Waals surface area contributed by atoms with Crippen LogP contribution in [0.3, 0.4) is 0 Å². The van der Waals surface area contributed by atoms with E-state index in [1.54, 1.807) is 11.8 Å². The largest absolute Gasteiger partial charge is 0.481 e. The minimum absolute atomic E-state index is 0.184. The predicted molar refractivity (Wildman–Crippen MR) is 70.2 cm³/mol. The lowest BCUT2D eigenvalue weighted by atomic mass is 9.82. The highest BCUT2D eigenvalue weighted by molar-refractivity contribution is 8.00. The molecule has 0 heterocycles. The predicted octanol–water partition coefficient (Wildman–Crippen LogP) is 3.67. The van der Waals surface area contributed by atoms with Gasteiger partial charge in [0.25, 0.3) is 0 Å². The van der Waals surface area contributed by atoms with Crippen LogP contribution in [-0.4, -0.2) is 16.3 Å². The zero-order valence-electron chi connectivity index (χ0n) is 10.0. The third-order valence-corrected chi connectivity index (χ3v) is 4.77. The first-order chi connectivity index (χ1) is 8.16. The minimum Gasteiger partial charge on any atom is -0.481 e. The van der Waals surface area contributed by atoms with Crippen LogP contribution in [0.4, 0.5) is 0 Å². The fourth-order valence-corrected chi connectivity index (χ4v) is 3.92. The molecule has 92 valence electrons. The van der Waals surface area contributed by atoms with Crippen molar-refractivity contribution in [2.75, 3.05) is 0 Å². The second kappa shape index (κ2) is 5.58. The van der Waals surface area contributed by atoms with Gasteiger partial charge >= 0.3 is 5.97 Å². The molecule has 1 saturated carbocycles. The first kappa shape index (κ1) is 12.5. The average Bonchev–Trinajstić information content (AvgIpc) is 2.30. The monoisotopic (exact) mass is 250 g/mol. The SMILES string of the molecule is CC1CCC(C(=O)O)C(Sc2ccccc2)C1. The average molecular weight is 250 g/mol. The van der Waals surface area contributed by atoms with E-state index in [2.05, 4.69) is 19.1 Å². The molecule has 0 bridgehead atoms. The molecule has 1 aromatic carbocycles. The van der Waals surface area contributed by atoms with Gasteiger partial charge in [-0.1, -0.05) is 25.1 Å². The van der Waals surface area contributed by atoms with Crippen LogP contribution in [0.1, 0.15) is 26.2 Å². The van der Waals surface area contributed by atoms with Gasteiger partial charge < -0.3 is 5.11 Å². The first-order valence-corrected chi connectivity index (χ1v) is 6.99. The van der Waals surface area contributed by atoms with E-state index in [4.69, 9.17) is 0 Å². The number of carbonyl (C=O) groups is 1. The van der Waals surface area contributed by atoms with Crippen LogP contribution in [0.5, 0.6) is 0 Å². The summed E-state index contributed by atoms with van der Waals surface area (Å²) in [7, 11) is 0. The van der Waals surface area contributed by atoms with Gasteiger partial charge in [-0.2, -0.15) is 0 Å². The maximum Gasteiger partial charge on any atom is 0.307 e. The molecule has 3 unspecified atom stereocenters. The van der Waals surface area contributed by atoms with Gasteiger partial charge in [-0.25, -0.2) is 0 Å². The molecule has 1 aliphatic carbocycles. The lowest BCUT2D eigenvalue weighted by molar-refractivity contribution is -0.142. The molecule has 0 aromatic heterocycles. The highest BCUT2D eigenvalue weighted by Crippen LogP contribution is 2.39. The highest BCUT2D eigenvalue weighted by atomic mass is 32.2. The van der Waals surface area contributed by atoms with Crippen LogP contribution < -0.4 is 0 Å². The van der Waals surface area contributed by atoms with Crippen molar-refractivity contribution in [1.82, 2.24) is 0 Å². The smallest absolute Gasteiger partial charge is 0.307 e. The normalized spacial score (nSPS) is 28.9. The van der Waals surface area contributed by atoms with Crippen LogP contribution in [0, 0.1) is 11.8 Å². The van der Waals surface area contributed by atoms with Gasteiger partial charge in [0.2, 0.25) is 0 Å². The number of aliphatic carboxylic acids is 1. The molecule has 1 fully saturated rings. The van der Waals surface area contributed by atoms with Crippen molar-refractivity contribution in [3.05, 3.63) is 30.3 Å². The highest BCUT2D eigenvalue weighted by Gasteiger charge is 2.34. The van der Waals surface area contributed by atoms with Crippen molar-refractivity contribution < 1.29 is 9.90 Å². The summed E-state index contributed by atoms with van der Waals surface area (Å²) in [5.74, 6) is -0.173. The molecule has 1 N–H and O–H groups in total. The number of hydrogen-bond donors (Lipinski definition) is 1. The van der Waals surface area contributed by atoms with Crippen LogP contribution >= 0.6 is 11.8 Å². The molecule has 1 aromatic rings. The van der Waals surface area contributed by atoms with Gasteiger partial charge in [-0.05, 0) is 37.3 Å². The minimum atomic E-state index is -0.634. The van der Waals surface area contributed by atoms with Gasteiger partial charge in [-0.15, -0.1) is 11.8 Å². The van der Waals surface area contributed by atoms with Crippen molar-refractivity contribution in [3.63, 3.8) is 0 Å². The molecule has 0 aliphatic heterocycles. The number of hydrogen-bond acceptors (Lipinski definition) is 2. The Kier molecular flexibility index (Phi) is 4.11. The summed E-state index contributed by atoms with van der Waals surface area (Å²) in [5, 5.41) is 9.48. The topological polar surface area (TPSA) is 37.3 Å². The third kappa shape index (κ3) is 3.25. The van der Waals surface area contributed by atoms with Gasteiger partial charge in [-0.3, -0.25) is 4.79 Å². The van der Waals surface area contributed by atoms with Crippen molar-refractivity contribution >= 4 is 17.7 Å². The summed E-state index contributed by atoms with van der Waals surface area (Å²) in [6, 6.07) is 10.1. The summed E-state index contributed by atoms with van der Waals surface area (Å²) in [5.41, 5.74) is 0. The lowest BCUT2D eigenvalue weighted by Crippen LogP contribution is -2.31. The van der Waals surface area contributed by atoms with Crippen molar-refractivity contribution in [2.45, 2.75) is 36.3 Å². The van der Waals surface area contributed by atoms with Crippen molar-refractivity contribution in [1.29, 1.82) is 0 Å². The Balaban J connectivity index is 2.08. The number of carboxylic acid groups (broad SMARTS) is 1. The molecule has 0 radical (unpaired) electrons. The Hall–Kier alpha value is -0.960. The van der Waals surface area contributed by atoms with E-state index in [0.29, 0.717) is 5.92 Å². The summed E-state index contributed by atoms with van der Waals surface area (Å²) in [4.78, 5) is 12.4. The summed E-state index contributed by atoms with van der Waals surface area (Å²) >= 11 is 1.72. The Labute approximate surface area is 106 Å². The zero-order valence-corrected chi connectivity index (χ0v) is 10.8. The maximum absolute atomic E-state index is 11.2. The Morgan fingerprint density at radius 3 is 2.65 bits per heavy atom. The molecule has 0 saturated heterocycles. The second-order valence-corrected chi connectivity index (χ2v) is 6.14. The van der Waals surface area contributed by atoms with E-state index in [1.165, 1.54) is 4.90 Å². The molecule has 2 nitrogen and oxygen atoms in total. The summed E-state index contributed by atoms with van der Waals surface area (Å²) in [6.45, 7) is 2.22. The van der Waals surface area contributed by atoms with Crippen molar-refractivity contribution in [3.8, 4) is 0 Å². The van der Waals surface area contributed by atoms with Gasteiger partial charge in [0, 0.05) is 10.1 Å². The molecular weight excluding hydrogens is 232 g/mol. The molecule has 0 spiro atoms. The fraction of sp³-hybridized carbons (Fsp3) is 0.500. The lowest BCUT2D eigenvalue weighted by Gasteiger charge is -2.31. The van der Waals surface area contributed by atoms with Crippen LogP contribution in [0.25, 0.3) is 0 Å². The van der Waals surface area contributed by atoms with Crippen LogP contribution in [0.15, 0.2) is 35.2 Å². The molecule has 17 heavy (non-hydrogen) atoms. The molecular formula is C14H18O2S. The van der Waals surface area contributed by atoms with Crippen LogP contribution in [0.2, 0.25) is 0 Å². The van der Waals surface area contributed by atoms with E-state index in [1.807, 2.05) is 18.2 Å². The van der Waals surface area contributed by atoms with E-state index in [-0.39, 0.29) is 11.2 Å². The number of rotatable bonds is 3. The summed E-state index contributed by atoms with van der Waals surface area (Å²) < 4.78 is 0. The maximum atomic E-state index is 11.2. The molecule has 0 amide bonds. The van der Waals surface area contributed by atoms with Gasteiger partial charge in [0.05, 0.1) is 5.92 Å². The third-order valence-electron chi connectivity index (χ3n) is 3.40. The number of carboxylic acids is 1. The van der Waals surface area contributed by atoms with E-state index in [9.17, 15) is 9.90 Å². The van der Waals surface area contributed by atoms with Crippen molar-refractivity contribution in [2.24, 2.45) is 11.8 Å². The first-order valence-electron chi connectivity index (χ1n) is 6.11. The van der Waals surface area contributed by atoms with Crippen LogP contribution in [-0.2, 0) is 4.79 Å². The molecule has 3 heteroatoms. The molecule has 2 rings (SSSR count). The fourth-order valence-electron chi connectivity index (χ4n) is 2.42. The quantitative estimate of drug-likeness (QED) is 0.889. The zero-order chi connectivity index (χ0) is 12.3. The number of thioether (sulfide) groups is 1. The van der Waals surface area contributed by atoms with Gasteiger partial charge in [0.15, 0.2) is 0 Å². The summed E-state index contributed by atoms with van der Waals surface area (Å²) in [6.07, 6.45) is 2.88. The van der Waals surface area contributed by atoms with E-state index >= 15 is 0 Å². The van der Waals surface area contributed by atoms with E-state index < -0.39 is 5.97 Å². The Morgan fingerprint density at radius 2 is 2.00 bits per heavy atom. The standard InChI is InChI=1S/C14H18O2S/c1-10-7-8-12(14(15)16)13(9-10)17-11-5-3-2-4-6-11/h2-6,10,12-13H,7-9H2,1H3,(H,15,16).